The summed E-state index contributed by atoms with van der Waals surface area (Å²) in [6.45, 7) is 0. The van der Waals surface area contributed by atoms with E-state index in [1.165, 1.54) is 19.2 Å². The number of halogens is 3. The number of rotatable bonds is 4. The Balaban J connectivity index is 3.06. The van der Waals surface area contributed by atoms with Crippen LogP contribution in [0.25, 0.3) is 0 Å². The molecule has 0 aliphatic carbocycles. The predicted molar refractivity (Wildman–Crippen MR) is 59.2 cm³/mol. The summed E-state index contributed by atoms with van der Waals surface area (Å²) < 4.78 is 53.0. The highest BCUT2D eigenvalue weighted by atomic mass is 79.9. The predicted octanol–water partition coefficient (Wildman–Crippen LogP) is 2.42. The number of ether oxygens (including phenoxy) is 1. The van der Waals surface area contributed by atoms with Gasteiger partial charge in [-0.3, -0.25) is 4.72 Å². The maximum Gasteiger partial charge on any atom is 0.355 e. The van der Waals surface area contributed by atoms with E-state index in [0.29, 0.717) is 10.2 Å². The van der Waals surface area contributed by atoms with Crippen LogP contribution in [0.15, 0.2) is 22.7 Å². The molecule has 1 aromatic carbocycles. The first kappa shape index (κ1) is 13.2. The van der Waals surface area contributed by atoms with E-state index >= 15 is 0 Å². The Labute approximate surface area is 99.8 Å². The van der Waals surface area contributed by atoms with Crippen LogP contribution in [0.4, 0.5) is 14.5 Å². The molecule has 0 unspecified atom stereocenters. The largest absolute Gasteiger partial charge is 0.497 e. The normalized spacial score (nSPS) is 11.6. The Morgan fingerprint density at radius 3 is 2.56 bits per heavy atom. The van der Waals surface area contributed by atoms with Crippen molar-refractivity contribution in [2.75, 3.05) is 11.8 Å². The van der Waals surface area contributed by atoms with Gasteiger partial charge >= 0.3 is 5.76 Å². The van der Waals surface area contributed by atoms with E-state index in [4.69, 9.17) is 4.74 Å². The van der Waals surface area contributed by atoms with Gasteiger partial charge in [0.2, 0.25) is 0 Å². The smallest absolute Gasteiger partial charge is 0.355 e. The summed E-state index contributed by atoms with van der Waals surface area (Å²) >= 11 is 3.03. The molecule has 1 rings (SSSR count). The molecule has 0 amide bonds. The molecule has 0 aliphatic heterocycles. The van der Waals surface area contributed by atoms with Gasteiger partial charge in [-0.1, -0.05) is 0 Å². The van der Waals surface area contributed by atoms with E-state index in [2.05, 4.69) is 15.9 Å². The van der Waals surface area contributed by atoms with E-state index in [1.807, 2.05) is 0 Å². The fraction of sp³-hybridized carbons (Fsp3) is 0.250. The zero-order valence-electron chi connectivity index (χ0n) is 8.08. The molecule has 16 heavy (non-hydrogen) atoms. The Bertz CT molecular complexity index is 478. The highest BCUT2D eigenvalue weighted by Crippen LogP contribution is 2.28. The number of hydrogen-bond donors (Lipinski definition) is 1. The molecule has 0 spiro atoms. The third-order valence-corrected chi connectivity index (χ3v) is 3.33. The quantitative estimate of drug-likeness (QED) is 0.928. The fourth-order valence-corrected chi connectivity index (χ4v) is 1.95. The van der Waals surface area contributed by atoms with E-state index < -0.39 is 15.8 Å². The molecule has 0 aromatic heterocycles. The lowest BCUT2D eigenvalue weighted by Gasteiger charge is -2.10. The van der Waals surface area contributed by atoms with E-state index in [1.54, 1.807) is 10.8 Å². The van der Waals surface area contributed by atoms with Crippen LogP contribution in [0.2, 0.25) is 0 Å². The highest BCUT2D eigenvalue weighted by molar-refractivity contribution is 9.10. The number of sulfonamides is 1. The van der Waals surface area contributed by atoms with Gasteiger partial charge in [-0.2, -0.15) is 8.78 Å². The summed E-state index contributed by atoms with van der Waals surface area (Å²) in [4.78, 5) is 0. The van der Waals surface area contributed by atoms with Crippen LogP contribution in [-0.2, 0) is 10.0 Å². The van der Waals surface area contributed by atoms with Gasteiger partial charge in [0.25, 0.3) is 10.0 Å². The van der Waals surface area contributed by atoms with Crippen molar-refractivity contribution in [2.45, 2.75) is 5.76 Å². The molecule has 0 aliphatic rings. The van der Waals surface area contributed by atoms with Gasteiger partial charge in [-0.25, -0.2) is 8.42 Å². The van der Waals surface area contributed by atoms with Crippen molar-refractivity contribution in [3.8, 4) is 5.75 Å². The molecule has 0 heterocycles. The number of alkyl halides is 2. The molecular weight excluding hydrogens is 308 g/mol. The standard InChI is InChI=1S/C8H8BrF2NO3S/c1-15-5-2-3-6(9)7(4-5)12-16(13,14)8(10)11/h2-4,8,12H,1H3. The number of nitrogens with one attached hydrogen (secondary N) is 1. The lowest BCUT2D eigenvalue weighted by molar-refractivity contribution is 0.236. The van der Waals surface area contributed by atoms with Gasteiger partial charge < -0.3 is 4.74 Å². The van der Waals surface area contributed by atoms with Gasteiger partial charge in [-0.05, 0) is 28.1 Å². The molecule has 4 nitrogen and oxygen atoms in total. The van der Waals surface area contributed by atoms with Crippen LogP contribution in [0.5, 0.6) is 5.75 Å². The molecule has 0 bridgehead atoms. The van der Waals surface area contributed by atoms with E-state index in [0.717, 1.165) is 0 Å². The third kappa shape index (κ3) is 3.05. The van der Waals surface area contributed by atoms with Gasteiger partial charge in [0.1, 0.15) is 5.75 Å². The Morgan fingerprint density at radius 2 is 2.06 bits per heavy atom. The summed E-state index contributed by atoms with van der Waals surface area (Å²) in [5.74, 6) is -3.12. The van der Waals surface area contributed by atoms with Gasteiger partial charge in [0, 0.05) is 10.5 Å². The van der Waals surface area contributed by atoms with Gasteiger partial charge in [-0.15, -0.1) is 0 Å². The van der Waals surface area contributed by atoms with Crippen LogP contribution >= 0.6 is 15.9 Å². The van der Waals surface area contributed by atoms with Crippen LogP contribution in [0.1, 0.15) is 0 Å². The van der Waals surface area contributed by atoms with Crippen molar-refractivity contribution in [3.63, 3.8) is 0 Å². The molecule has 0 saturated heterocycles. The minimum atomic E-state index is -4.67. The Morgan fingerprint density at radius 1 is 1.44 bits per heavy atom. The molecule has 0 fully saturated rings. The second kappa shape index (κ2) is 4.96. The van der Waals surface area contributed by atoms with Crippen molar-refractivity contribution in [2.24, 2.45) is 0 Å². The van der Waals surface area contributed by atoms with E-state index in [9.17, 15) is 17.2 Å². The van der Waals surface area contributed by atoms with Crippen molar-refractivity contribution in [1.29, 1.82) is 0 Å². The molecule has 8 heteroatoms. The number of methoxy groups -OCH3 is 1. The number of benzene rings is 1. The third-order valence-electron chi connectivity index (χ3n) is 1.66. The lowest BCUT2D eigenvalue weighted by atomic mass is 10.3. The fourth-order valence-electron chi connectivity index (χ4n) is 0.907. The molecule has 0 saturated carbocycles. The first-order valence-electron chi connectivity index (χ1n) is 4.00. The molecular formula is C8H8BrF2NO3S. The lowest BCUT2D eigenvalue weighted by Crippen LogP contribution is -2.20. The highest BCUT2D eigenvalue weighted by Gasteiger charge is 2.24. The minimum absolute atomic E-state index is 0.000324. The van der Waals surface area contributed by atoms with E-state index in [-0.39, 0.29) is 5.69 Å². The van der Waals surface area contributed by atoms with Crippen LogP contribution in [0.3, 0.4) is 0 Å². The molecule has 90 valence electrons. The van der Waals surface area contributed by atoms with Crippen molar-refractivity contribution in [3.05, 3.63) is 22.7 Å². The zero-order chi connectivity index (χ0) is 12.3. The first-order valence-corrected chi connectivity index (χ1v) is 6.34. The Hall–Kier alpha value is -0.890. The topological polar surface area (TPSA) is 55.4 Å². The average Bonchev–Trinajstić information content (AvgIpc) is 2.21. The summed E-state index contributed by atoms with van der Waals surface area (Å²) in [6, 6.07) is 4.34. The molecule has 1 N–H and O–H groups in total. The second-order valence-corrected chi connectivity index (χ2v) is 5.26. The van der Waals surface area contributed by atoms with Crippen LogP contribution < -0.4 is 9.46 Å². The van der Waals surface area contributed by atoms with Crippen LogP contribution in [0, 0.1) is 0 Å². The summed E-state index contributed by atoms with van der Waals surface area (Å²) in [5, 5.41) is 0. The monoisotopic (exact) mass is 315 g/mol. The number of anilines is 1. The van der Waals surface area contributed by atoms with Crippen LogP contribution in [-0.4, -0.2) is 21.3 Å². The molecule has 0 radical (unpaired) electrons. The molecule has 1 aromatic rings. The van der Waals surface area contributed by atoms with Gasteiger partial charge in [0.05, 0.1) is 12.8 Å². The maximum absolute atomic E-state index is 12.1. The summed E-state index contributed by atoms with van der Waals surface area (Å²) in [5.41, 5.74) is -0.000324. The Kier molecular flexibility index (Phi) is 4.09. The maximum atomic E-state index is 12.1. The summed E-state index contributed by atoms with van der Waals surface area (Å²) in [6.07, 6.45) is 0. The molecule has 0 atom stereocenters. The zero-order valence-corrected chi connectivity index (χ0v) is 10.5. The average molecular weight is 316 g/mol. The van der Waals surface area contributed by atoms with Crippen molar-refractivity contribution < 1.29 is 21.9 Å². The minimum Gasteiger partial charge on any atom is -0.497 e. The second-order valence-electron chi connectivity index (χ2n) is 2.75. The van der Waals surface area contributed by atoms with Crippen molar-refractivity contribution in [1.82, 2.24) is 0 Å². The SMILES string of the molecule is COc1ccc(Br)c(NS(=O)(=O)C(F)F)c1. The number of hydrogen-bond acceptors (Lipinski definition) is 3. The van der Waals surface area contributed by atoms with Crippen molar-refractivity contribution >= 4 is 31.6 Å². The first-order chi connectivity index (χ1) is 7.36. The summed E-state index contributed by atoms with van der Waals surface area (Å²) in [7, 11) is -3.28. The van der Waals surface area contributed by atoms with Gasteiger partial charge in [0.15, 0.2) is 0 Å².